The predicted molar refractivity (Wildman–Crippen MR) is 77.8 cm³/mol. The van der Waals surface area contributed by atoms with Crippen LogP contribution in [0, 0.1) is 11.8 Å². The van der Waals surface area contributed by atoms with Gasteiger partial charge in [0.25, 0.3) is 5.91 Å². The summed E-state index contributed by atoms with van der Waals surface area (Å²) in [5.41, 5.74) is 1.02. The molecule has 1 rings (SSSR count). The van der Waals surface area contributed by atoms with Crippen molar-refractivity contribution in [2.24, 2.45) is 0 Å². The Morgan fingerprint density at radius 1 is 1.48 bits per heavy atom. The molecule has 0 bridgehead atoms. The number of carbonyl (C=O) groups excluding carboxylic acids is 1. The Morgan fingerprint density at radius 2 is 2.29 bits per heavy atom. The van der Waals surface area contributed by atoms with Crippen molar-refractivity contribution in [1.29, 1.82) is 0 Å². The highest BCUT2D eigenvalue weighted by atomic mass is 16.5. The van der Waals surface area contributed by atoms with Gasteiger partial charge in [0, 0.05) is 38.9 Å². The Morgan fingerprint density at radius 3 is 2.86 bits per heavy atom. The third kappa shape index (κ3) is 6.36. The smallest absolute Gasteiger partial charge is 0.269 e. The summed E-state index contributed by atoms with van der Waals surface area (Å²) in [5.74, 6) is 5.36. The molecule has 0 radical (unpaired) electrons. The number of aromatic nitrogens is 1. The van der Waals surface area contributed by atoms with Crippen LogP contribution in [-0.4, -0.2) is 56.1 Å². The molecule has 0 saturated carbocycles. The van der Waals surface area contributed by atoms with Crippen LogP contribution in [0.1, 0.15) is 22.5 Å². The van der Waals surface area contributed by atoms with Gasteiger partial charge in [0.15, 0.2) is 0 Å². The highest BCUT2D eigenvalue weighted by Gasteiger charge is 2.11. The molecule has 0 fully saturated rings. The van der Waals surface area contributed by atoms with E-state index in [1.807, 2.05) is 0 Å². The number of pyridine rings is 1. The molecule has 0 saturated heterocycles. The number of hydrogen-bond acceptors (Lipinski definition) is 5. The van der Waals surface area contributed by atoms with Gasteiger partial charge in [-0.3, -0.25) is 4.79 Å². The molecule has 0 aliphatic rings. The Bertz CT molecular complexity index is 491. The highest BCUT2D eigenvalue weighted by Crippen LogP contribution is 1.99. The van der Waals surface area contributed by atoms with Gasteiger partial charge in [-0.15, -0.1) is 0 Å². The summed E-state index contributed by atoms with van der Waals surface area (Å²) in [4.78, 5) is 16.0. The van der Waals surface area contributed by atoms with Gasteiger partial charge in [-0.25, -0.2) is 4.98 Å². The third-order valence-corrected chi connectivity index (χ3v) is 2.64. The van der Waals surface area contributed by atoms with E-state index in [9.17, 15) is 4.79 Å². The van der Waals surface area contributed by atoms with E-state index in [1.165, 1.54) is 6.20 Å². The normalized spacial score (nSPS) is 11.4. The van der Waals surface area contributed by atoms with Crippen LogP contribution in [0.5, 0.6) is 0 Å². The van der Waals surface area contributed by atoms with Gasteiger partial charge in [0.2, 0.25) is 0 Å². The highest BCUT2D eigenvalue weighted by molar-refractivity contribution is 5.92. The van der Waals surface area contributed by atoms with Gasteiger partial charge in [0.05, 0.1) is 19.3 Å². The number of nitrogens with zero attached hydrogens (tertiary/aromatic N) is 1. The van der Waals surface area contributed by atoms with Crippen LogP contribution in [-0.2, 0) is 9.47 Å². The van der Waals surface area contributed by atoms with Gasteiger partial charge >= 0.3 is 0 Å². The van der Waals surface area contributed by atoms with Crippen LogP contribution in [0.25, 0.3) is 0 Å². The monoisotopic (exact) mass is 292 g/mol. The number of amides is 1. The van der Waals surface area contributed by atoms with Crippen LogP contribution in [0.3, 0.4) is 0 Å². The average molecular weight is 292 g/mol. The lowest BCUT2D eigenvalue weighted by Crippen LogP contribution is -2.35. The fraction of sp³-hybridized carbons (Fsp3) is 0.467. The van der Waals surface area contributed by atoms with Crippen molar-refractivity contribution in [3.8, 4) is 11.8 Å². The van der Waals surface area contributed by atoms with Gasteiger partial charge in [-0.05, 0) is 12.1 Å². The van der Waals surface area contributed by atoms with E-state index < -0.39 is 0 Å². The Labute approximate surface area is 124 Å². The number of rotatable bonds is 7. The van der Waals surface area contributed by atoms with Crippen LogP contribution in [0.4, 0.5) is 0 Å². The summed E-state index contributed by atoms with van der Waals surface area (Å²) in [6, 6.07) is 3.33. The summed E-state index contributed by atoms with van der Waals surface area (Å²) in [6.45, 7) is 0.787. The molecule has 1 amide bonds. The van der Waals surface area contributed by atoms with Crippen molar-refractivity contribution >= 4 is 5.91 Å². The number of aliphatic hydroxyl groups excluding tert-OH is 1. The van der Waals surface area contributed by atoms with Gasteiger partial charge < -0.3 is 19.9 Å². The van der Waals surface area contributed by atoms with Crippen molar-refractivity contribution in [3.05, 3.63) is 29.6 Å². The first-order chi connectivity index (χ1) is 10.2. The molecule has 1 heterocycles. The number of methoxy groups -OCH3 is 2. The molecule has 6 heteroatoms. The number of hydrogen-bond donors (Lipinski definition) is 2. The summed E-state index contributed by atoms with van der Waals surface area (Å²) >= 11 is 0. The number of carbonyl (C=O) groups is 1. The lowest BCUT2D eigenvalue weighted by molar-refractivity contribution is 0.0285. The summed E-state index contributed by atoms with van der Waals surface area (Å²) in [7, 11) is 3.14. The summed E-state index contributed by atoms with van der Waals surface area (Å²) < 4.78 is 10.1. The van der Waals surface area contributed by atoms with Crippen LogP contribution >= 0.6 is 0 Å². The van der Waals surface area contributed by atoms with Crippen molar-refractivity contribution < 1.29 is 19.4 Å². The minimum Gasteiger partial charge on any atom is -0.395 e. The van der Waals surface area contributed by atoms with Crippen LogP contribution in [0.15, 0.2) is 18.3 Å². The zero-order chi connectivity index (χ0) is 15.5. The Balaban J connectivity index is 2.53. The molecular weight excluding hydrogens is 272 g/mol. The van der Waals surface area contributed by atoms with Gasteiger partial charge in [0.1, 0.15) is 5.69 Å². The summed E-state index contributed by atoms with van der Waals surface area (Å²) in [6.07, 6.45) is 1.75. The first kappa shape index (κ1) is 17.1. The maximum Gasteiger partial charge on any atom is 0.269 e. The Hall–Kier alpha value is -1.94. The SMILES string of the molecule is COCC(CNC(=O)c1ccc(C#CCCO)cn1)OC. The predicted octanol–water partition coefficient (Wildman–Crippen LogP) is 0.207. The number of ether oxygens (including phenoxy) is 2. The van der Waals surface area contributed by atoms with E-state index in [0.717, 1.165) is 0 Å². The fourth-order valence-corrected chi connectivity index (χ4v) is 1.52. The molecule has 2 N–H and O–H groups in total. The minimum atomic E-state index is -0.275. The maximum absolute atomic E-state index is 11.9. The second-order valence-corrected chi connectivity index (χ2v) is 4.23. The molecule has 1 aromatic heterocycles. The zero-order valence-corrected chi connectivity index (χ0v) is 12.3. The van der Waals surface area contributed by atoms with Crippen molar-refractivity contribution in [2.45, 2.75) is 12.5 Å². The first-order valence-corrected chi connectivity index (χ1v) is 6.57. The van der Waals surface area contributed by atoms with Crippen molar-refractivity contribution in [3.63, 3.8) is 0 Å². The van der Waals surface area contributed by atoms with E-state index >= 15 is 0 Å². The van der Waals surface area contributed by atoms with E-state index in [2.05, 4.69) is 22.1 Å². The molecule has 114 valence electrons. The molecule has 1 unspecified atom stereocenters. The maximum atomic E-state index is 11.9. The molecule has 6 nitrogen and oxygen atoms in total. The van der Waals surface area contributed by atoms with Gasteiger partial charge in [-0.2, -0.15) is 0 Å². The second-order valence-electron chi connectivity index (χ2n) is 4.23. The quantitative estimate of drug-likeness (QED) is 0.702. The zero-order valence-electron chi connectivity index (χ0n) is 12.3. The molecule has 0 aliphatic heterocycles. The standard InChI is InChI=1S/C15H20N2O4/c1-20-11-13(21-2)10-17-15(19)14-7-6-12(9-16-14)5-3-4-8-18/h6-7,9,13,18H,4,8,10-11H2,1-2H3,(H,17,19). The largest absolute Gasteiger partial charge is 0.395 e. The van der Waals surface area contributed by atoms with E-state index in [1.54, 1.807) is 26.4 Å². The molecule has 0 aliphatic carbocycles. The Kier molecular flexibility index (Phi) is 8.05. The van der Waals surface area contributed by atoms with Crippen LogP contribution < -0.4 is 5.32 Å². The second kappa shape index (κ2) is 9.88. The molecular formula is C15H20N2O4. The van der Waals surface area contributed by atoms with E-state index in [4.69, 9.17) is 14.6 Å². The molecule has 0 spiro atoms. The number of nitrogens with one attached hydrogen (secondary N) is 1. The lowest BCUT2D eigenvalue weighted by Gasteiger charge is -2.14. The molecule has 1 atom stereocenters. The average Bonchev–Trinajstić information content (AvgIpc) is 2.52. The van der Waals surface area contributed by atoms with Crippen LogP contribution in [0.2, 0.25) is 0 Å². The summed E-state index contributed by atoms with van der Waals surface area (Å²) in [5, 5.41) is 11.4. The fourth-order valence-electron chi connectivity index (χ4n) is 1.52. The topological polar surface area (TPSA) is 80.7 Å². The lowest BCUT2D eigenvalue weighted by atomic mass is 10.2. The minimum absolute atomic E-state index is 0.0308. The van der Waals surface area contributed by atoms with E-state index in [-0.39, 0.29) is 18.6 Å². The third-order valence-electron chi connectivity index (χ3n) is 2.64. The first-order valence-electron chi connectivity index (χ1n) is 6.57. The molecule has 21 heavy (non-hydrogen) atoms. The van der Waals surface area contributed by atoms with Crippen molar-refractivity contribution in [2.75, 3.05) is 34.0 Å². The van der Waals surface area contributed by atoms with Crippen molar-refractivity contribution in [1.82, 2.24) is 10.3 Å². The van der Waals surface area contributed by atoms with Gasteiger partial charge in [-0.1, -0.05) is 11.8 Å². The molecule has 1 aromatic rings. The number of aliphatic hydroxyl groups is 1. The van der Waals surface area contributed by atoms with E-state index in [0.29, 0.717) is 30.8 Å². The molecule has 0 aromatic carbocycles.